The number of nitrogens with zero attached hydrogens (tertiary/aromatic N) is 2. The molecule has 0 bridgehead atoms. The summed E-state index contributed by atoms with van der Waals surface area (Å²) in [5, 5.41) is 17.5. The molecule has 1 atom stereocenters. The number of benzene rings is 1. The van der Waals surface area contributed by atoms with Gasteiger partial charge in [-0.3, -0.25) is 9.89 Å². The maximum Gasteiger partial charge on any atom is 0.191 e. The second-order valence-corrected chi connectivity index (χ2v) is 7.94. The van der Waals surface area contributed by atoms with Crippen LogP contribution in [0.15, 0.2) is 29.3 Å². The highest BCUT2D eigenvalue weighted by molar-refractivity contribution is 5.79. The van der Waals surface area contributed by atoms with Crippen LogP contribution in [0.1, 0.15) is 44.2 Å². The zero-order valence-electron chi connectivity index (χ0n) is 17.8. The zero-order valence-corrected chi connectivity index (χ0v) is 17.8. The average Bonchev–Trinajstić information content (AvgIpc) is 3.28. The van der Waals surface area contributed by atoms with Crippen molar-refractivity contribution in [3.63, 3.8) is 0 Å². The number of hydrogen-bond donors (Lipinski definition) is 3. The topological polar surface area (TPSA) is 78.4 Å². The van der Waals surface area contributed by atoms with Crippen molar-refractivity contribution in [2.45, 2.75) is 44.2 Å². The second kappa shape index (κ2) is 10.8. The van der Waals surface area contributed by atoms with Crippen molar-refractivity contribution in [2.24, 2.45) is 4.99 Å². The van der Waals surface area contributed by atoms with Crippen LogP contribution in [0.25, 0.3) is 0 Å². The molecule has 2 aliphatic heterocycles. The molecule has 7 heteroatoms. The van der Waals surface area contributed by atoms with E-state index in [9.17, 15) is 5.11 Å². The third-order valence-corrected chi connectivity index (χ3v) is 5.84. The van der Waals surface area contributed by atoms with Crippen LogP contribution in [-0.2, 0) is 4.74 Å². The fourth-order valence-corrected chi connectivity index (χ4v) is 4.01. The highest BCUT2D eigenvalue weighted by Crippen LogP contribution is 2.26. The molecule has 2 aliphatic rings. The molecule has 29 heavy (non-hydrogen) atoms. The first-order valence-corrected chi connectivity index (χ1v) is 10.8. The zero-order chi connectivity index (χ0) is 20.5. The van der Waals surface area contributed by atoms with Gasteiger partial charge in [-0.05, 0) is 50.6 Å². The van der Waals surface area contributed by atoms with Crippen LogP contribution in [0.3, 0.4) is 0 Å². The number of ether oxygens (including phenoxy) is 2. The summed E-state index contributed by atoms with van der Waals surface area (Å²) in [6, 6.07) is 8.63. The molecule has 1 aromatic carbocycles. The van der Waals surface area contributed by atoms with Crippen molar-refractivity contribution in [3.05, 3.63) is 29.8 Å². The summed E-state index contributed by atoms with van der Waals surface area (Å²) in [5.74, 6) is 1.63. The fraction of sp³-hybridized carbons (Fsp3) is 0.682. The number of hydrogen-bond acceptors (Lipinski definition) is 5. The molecule has 2 heterocycles. The molecule has 3 rings (SSSR count). The van der Waals surface area contributed by atoms with E-state index in [1.807, 2.05) is 12.1 Å². The molecule has 0 aliphatic carbocycles. The van der Waals surface area contributed by atoms with Crippen molar-refractivity contribution in [1.29, 1.82) is 0 Å². The lowest BCUT2D eigenvalue weighted by atomic mass is 9.95. The molecule has 2 saturated heterocycles. The lowest BCUT2D eigenvalue weighted by molar-refractivity contribution is -0.0566. The molecule has 7 nitrogen and oxygen atoms in total. The van der Waals surface area contributed by atoms with Crippen LogP contribution in [0.5, 0.6) is 5.75 Å². The molecule has 1 aromatic rings. The van der Waals surface area contributed by atoms with E-state index in [0.29, 0.717) is 32.6 Å². The molecular formula is C22H36N4O3. The third-order valence-electron chi connectivity index (χ3n) is 5.84. The maximum absolute atomic E-state index is 10.7. The van der Waals surface area contributed by atoms with Gasteiger partial charge >= 0.3 is 0 Å². The predicted octanol–water partition coefficient (Wildman–Crippen LogP) is 1.93. The van der Waals surface area contributed by atoms with Crippen molar-refractivity contribution in [2.75, 3.05) is 53.0 Å². The number of aliphatic imine (C=N–C) groups is 1. The Bertz CT molecular complexity index is 638. The Balaban J connectivity index is 1.66. The van der Waals surface area contributed by atoms with E-state index in [2.05, 4.69) is 39.6 Å². The van der Waals surface area contributed by atoms with Gasteiger partial charge in [-0.25, -0.2) is 0 Å². The van der Waals surface area contributed by atoms with Crippen LogP contribution in [-0.4, -0.2) is 74.6 Å². The summed E-state index contributed by atoms with van der Waals surface area (Å²) >= 11 is 0. The number of guanidine groups is 1. The van der Waals surface area contributed by atoms with Gasteiger partial charge in [0.05, 0.1) is 25.3 Å². The Morgan fingerprint density at radius 2 is 1.90 bits per heavy atom. The number of rotatable bonds is 8. The van der Waals surface area contributed by atoms with E-state index >= 15 is 0 Å². The first kappa shape index (κ1) is 21.9. The van der Waals surface area contributed by atoms with E-state index < -0.39 is 5.60 Å². The standard InChI is InChI=1S/C22H36N4O3/c1-3-23-21(25-17-22(27)10-14-29-15-11-22)24-16-20(26-12-4-5-13-26)18-6-8-19(28-2)9-7-18/h6-9,20,27H,3-5,10-17H2,1-2H3,(H2,23,24,25). The SMILES string of the molecule is CCNC(=NCC1(O)CCOCC1)NCC(c1ccc(OC)cc1)N1CCCC1. The van der Waals surface area contributed by atoms with Gasteiger partial charge < -0.3 is 25.2 Å². The van der Waals surface area contributed by atoms with Crippen LogP contribution in [0.4, 0.5) is 0 Å². The molecule has 0 aromatic heterocycles. The summed E-state index contributed by atoms with van der Waals surface area (Å²) in [6.45, 7) is 7.43. The molecule has 0 amide bonds. The van der Waals surface area contributed by atoms with Gasteiger partial charge in [0.1, 0.15) is 5.75 Å². The first-order valence-electron chi connectivity index (χ1n) is 10.8. The number of nitrogens with one attached hydrogen (secondary N) is 2. The summed E-state index contributed by atoms with van der Waals surface area (Å²) in [5.41, 5.74) is 0.518. The quantitative estimate of drug-likeness (QED) is 0.454. The smallest absolute Gasteiger partial charge is 0.191 e. The van der Waals surface area contributed by atoms with E-state index in [1.165, 1.54) is 18.4 Å². The largest absolute Gasteiger partial charge is 0.497 e. The number of methoxy groups -OCH3 is 1. The molecule has 0 spiro atoms. The summed E-state index contributed by atoms with van der Waals surface area (Å²) < 4.78 is 10.7. The summed E-state index contributed by atoms with van der Waals surface area (Å²) in [6.07, 6.45) is 3.77. The highest BCUT2D eigenvalue weighted by Gasteiger charge is 2.30. The van der Waals surface area contributed by atoms with Crippen LogP contribution < -0.4 is 15.4 Å². The van der Waals surface area contributed by atoms with Gasteiger partial charge in [0.2, 0.25) is 0 Å². The van der Waals surface area contributed by atoms with Crippen molar-refractivity contribution >= 4 is 5.96 Å². The third kappa shape index (κ3) is 6.32. The minimum Gasteiger partial charge on any atom is -0.497 e. The Kier molecular flexibility index (Phi) is 8.15. The van der Waals surface area contributed by atoms with E-state index in [4.69, 9.17) is 9.47 Å². The van der Waals surface area contributed by atoms with Gasteiger partial charge in [-0.1, -0.05) is 12.1 Å². The van der Waals surface area contributed by atoms with E-state index in [1.54, 1.807) is 7.11 Å². The minimum absolute atomic E-state index is 0.276. The van der Waals surface area contributed by atoms with Gasteiger partial charge in [0, 0.05) is 39.1 Å². The van der Waals surface area contributed by atoms with Gasteiger partial charge in [-0.2, -0.15) is 0 Å². The van der Waals surface area contributed by atoms with Crippen molar-refractivity contribution in [3.8, 4) is 5.75 Å². The van der Waals surface area contributed by atoms with Crippen LogP contribution >= 0.6 is 0 Å². The normalized spacial score (nSPS) is 21.0. The molecule has 0 saturated carbocycles. The predicted molar refractivity (Wildman–Crippen MR) is 116 cm³/mol. The van der Waals surface area contributed by atoms with Crippen LogP contribution in [0, 0.1) is 0 Å². The Labute approximate surface area is 174 Å². The van der Waals surface area contributed by atoms with Gasteiger partial charge in [0.25, 0.3) is 0 Å². The first-order chi connectivity index (χ1) is 14.1. The summed E-state index contributed by atoms with van der Waals surface area (Å²) in [7, 11) is 1.69. The van der Waals surface area contributed by atoms with E-state index in [-0.39, 0.29) is 6.04 Å². The minimum atomic E-state index is -0.759. The van der Waals surface area contributed by atoms with Gasteiger partial charge in [-0.15, -0.1) is 0 Å². The average molecular weight is 405 g/mol. The van der Waals surface area contributed by atoms with Crippen molar-refractivity contribution in [1.82, 2.24) is 15.5 Å². The molecular weight excluding hydrogens is 368 g/mol. The van der Waals surface area contributed by atoms with Gasteiger partial charge in [0.15, 0.2) is 5.96 Å². The molecule has 2 fully saturated rings. The molecule has 3 N–H and O–H groups in total. The lowest BCUT2D eigenvalue weighted by Gasteiger charge is -2.31. The van der Waals surface area contributed by atoms with Crippen LogP contribution in [0.2, 0.25) is 0 Å². The van der Waals surface area contributed by atoms with E-state index in [0.717, 1.165) is 37.9 Å². The second-order valence-electron chi connectivity index (χ2n) is 7.94. The molecule has 0 radical (unpaired) electrons. The fourth-order valence-electron chi connectivity index (χ4n) is 4.01. The summed E-state index contributed by atoms with van der Waals surface area (Å²) in [4.78, 5) is 7.21. The molecule has 162 valence electrons. The number of aliphatic hydroxyl groups is 1. The Morgan fingerprint density at radius 3 is 2.52 bits per heavy atom. The van der Waals surface area contributed by atoms with Crippen molar-refractivity contribution < 1.29 is 14.6 Å². The Morgan fingerprint density at radius 1 is 1.21 bits per heavy atom. The molecule has 1 unspecified atom stereocenters. The lowest BCUT2D eigenvalue weighted by Crippen LogP contribution is -2.45. The Hall–Kier alpha value is -1.83. The highest BCUT2D eigenvalue weighted by atomic mass is 16.5. The maximum atomic E-state index is 10.7. The number of likely N-dealkylation sites (tertiary alicyclic amines) is 1. The monoisotopic (exact) mass is 404 g/mol.